The summed E-state index contributed by atoms with van der Waals surface area (Å²) in [4.78, 5) is 0. The van der Waals surface area contributed by atoms with Gasteiger partial charge in [-0.25, -0.2) is 8.78 Å². The number of aliphatic hydroxyl groups excluding tert-OH is 2. The summed E-state index contributed by atoms with van der Waals surface area (Å²) in [6.07, 6.45) is -1.41. The third kappa shape index (κ3) is 2.87. The Balaban J connectivity index is 3.10. The van der Waals surface area contributed by atoms with Crippen LogP contribution in [0.5, 0.6) is 0 Å². The van der Waals surface area contributed by atoms with Gasteiger partial charge in [-0.3, -0.25) is 0 Å². The van der Waals surface area contributed by atoms with Crippen molar-refractivity contribution in [3.05, 3.63) is 34.9 Å². The summed E-state index contributed by atoms with van der Waals surface area (Å²) in [6, 6.07) is 2.42. The normalized spacial score (nSPS) is 14.9. The minimum Gasteiger partial charge on any atom is -0.390 e. The van der Waals surface area contributed by atoms with E-state index in [-0.39, 0.29) is 11.5 Å². The van der Waals surface area contributed by atoms with Gasteiger partial charge >= 0.3 is 0 Å². The molecule has 18 heavy (non-hydrogen) atoms. The molecule has 2 unspecified atom stereocenters. The van der Waals surface area contributed by atoms with Gasteiger partial charge in [0.1, 0.15) is 17.7 Å². The van der Waals surface area contributed by atoms with E-state index in [9.17, 15) is 19.0 Å². The molecule has 102 valence electrons. The van der Waals surface area contributed by atoms with Gasteiger partial charge in [-0.1, -0.05) is 32.8 Å². The van der Waals surface area contributed by atoms with Crippen LogP contribution >= 0.6 is 0 Å². The van der Waals surface area contributed by atoms with Crippen molar-refractivity contribution in [2.45, 2.75) is 45.8 Å². The van der Waals surface area contributed by atoms with E-state index in [2.05, 4.69) is 0 Å². The molecule has 1 aromatic rings. The lowest BCUT2D eigenvalue weighted by atomic mass is 9.89. The van der Waals surface area contributed by atoms with Gasteiger partial charge in [-0.2, -0.15) is 0 Å². The first-order valence-corrected chi connectivity index (χ1v) is 6.24. The van der Waals surface area contributed by atoms with Crippen LogP contribution in [0, 0.1) is 24.5 Å². The topological polar surface area (TPSA) is 40.5 Å². The summed E-state index contributed by atoms with van der Waals surface area (Å²) in [5.41, 5.74) is -0.184. The molecule has 0 fully saturated rings. The predicted molar refractivity (Wildman–Crippen MR) is 66.1 cm³/mol. The van der Waals surface area contributed by atoms with Crippen molar-refractivity contribution < 1.29 is 19.0 Å². The van der Waals surface area contributed by atoms with Crippen LogP contribution in [-0.4, -0.2) is 16.3 Å². The first-order chi connectivity index (χ1) is 8.43. The van der Waals surface area contributed by atoms with Crippen molar-refractivity contribution in [1.29, 1.82) is 0 Å². The Morgan fingerprint density at radius 2 is 1.67 bits per heavy atom. The predicted octanol–water partition coefficient (Wildman–Crippen LogP) is 3.10. The molecule has 0 saturated heterocycles. The monoisotopic (exact) mass is 258 g/mol. The minimum absolute atomic E-state index is 0.181. The van der Waals surface area contributed by atoms with E-state index in [0.29, 0.717) is 12.8 Å². The van der Waals surface area contributed by atoms with E-state index in [1.165, 1.54) is 13.0 Å². The van der Waals surface area contributed by atoms with Crippen molar-refractivity contribution in [3.8, 4) is 0 Å². The first-order valence-electron chi connectivity index (χ1n) is 6.24. The van der Waals surface area contributed by atoms with E-state index >= 15 is 0 Å². The maximum absolute atomic E-state index is 13.8. The van der Waals surface area contributed by atoms with Crippen LogP contribution in [0.2, 0.25) is 0 Å². The first kappa shape index (κ1) is 15.1. The summed E-state index contributed by atoms with van der Waals surface area (Å²) < 4.78 is 27.4. The molecule has 0 aliphatic carbocycles. The Morgan fingerprint density at radius 3 is 2.17 bits per heavy atom. The Morgan fingerprint density at radius 1 is 1.11 bits per heavy atom. The van der Waals surface area contributed by atoms with E-state index in [0.717, 1.165) is 6.07 Å². The fourth-order valence-electron chi connectivity index (χ4n) is 2.15. The largest absolute Gasteiger partial charge is 0.390 e. The molecule has 1 aromatic carbocycles. The van der Waals surface area contributed by atoms with Crippen LogP contribution in [-0.2, 0) is 0 Å². The lowest BCUT2D eigenvalue weighted by Crippen LogP contribution is -2.28. The van der Waals surface area contributed by atoms with Crippen LogP contribution in [0.15, 0.2) is 12.1 Å². The molecular formula is C14H20F2O2. The second-order valence-corrected chi connectivity index (χ2v) is 4.60. The standard InChI is InChI=1S/C14H20F2O2/c1-4-9(5-2)13(17)14(18)11-10(15)7-6-8(3)12(11)16/h6-7,9,13-14,17-18H,4-5H2,1-3H3. The van der Waals surface area contributed by atoms with Crippen molar-refractivity contribution in [3.63, 3.8) is 0 Å². The van der Waals surface area contributed by atoms with Gasteiger partial charge in [0.15, 0.2) is 0 Å². The van der Waals surface area contributed by atoms with Gasteiger partial charge in [0.25, 0.3) is 0 Å². The summed E-state index contributed by atoms with van der Waals surface area (Å²) in [5, 5.41) is 20.0. The van der Waals surface area contributed by atoms with Crippen LogP contribution in [0.4, 0.5) is 8.78 Å². The van der Waals surface area contributed by atoms with Crippen LogP contribution in [0.25, 0.3) is 0 Å². The third-order valence-electron chi connectivity index (χ3n) is 3.47. The lowest BCUT2D eigenvalue weighted by molar-refractivity contribution is -0.0243. The minimum atomic E-state index is -1.53. The maximum Gasteiger partial charge on any atom is 0.134 e. The molecule has 0 aliphatic rings. The highest BCUT2D eigenvalue weighted by Gasteiger charge is 2.30. The number of aliphatic hydroxyl groups is 2. The van der Waals surface area contributed by atoms with E-state index in [1.807, 2.05) is 13.8 Å². The number of hydrogen-bond acceptors (Lipinski definition) is 2. The number of halogens is 2. The lowest BCUT2D eigenvalue weighted by Gasteiger charge is -2.26. The fraction of sp³-hybridized carbons (Fsp3) is 0.571. The Kier molecular flexibility index (Phi) is 5.23. The highest BCUT2D eigenvalue weighted by Crippen LogP contribution is 2.30. The number of aryl methyl sites for hydroxylation is 1. The summed E-state index contributed by atoms with van der Waals surface area (Å²) in [6.45, 7) is 5.23. The Hall–Kier alpha value is -1.00. The van der Waals surface area contributed by atoms with E-state index < -0.39 is 29.4 Å². The maximum atomic E-state index is 13.8. The van der Waals surface area contributed by atoms with Gasteiger partial charge in [0, 0.05) is 0 Å². The van der Waals surface area contributed by atoms with Crippen molar-refractivity contribution >= 4 is 0 Å². The zero-order chi connectivity index (χ0) is 13.9. The van der Waals surface area contributed by atoms with Crippen LogP contribution in [0.1, 0.15) is 43.9 Å². The van der Waals surface area contributed by atoms with Crippen molar-refractivity contribution in [2.24, 2.45) is 5.92 Å². The SMILES string of the molecule is CCC(CC)C(O)C(O)c1c(F)ccc(C)c1F. The zero-order valence-electron chi connectivity index (χ0n) is 11.0. The summed E-state index contributed by atoms with van der Waals surface area (Å²) in [7, 11) is 0. The second kappa shape index (κ2) is 6.25. The molecule has 4 heteroatoms. The second-order valence-electron chi connectivity index (χ2n) is 4.60. The third-order valence-corrected chi connectivity index (χ3v) is 3.47. The molecular weight excluding hydrogens is 238 g/mol. The van der Waals surface area contributed by atoms with Gasteiger partial charge in [-0.15, -0.1) is 0 Å². The fourth-order valence-corrected chi connectivity index (χ4v) is 2.15. The summed E-state index contributed by atoms with van der Waals surface area (Å²) >= 11 is 0. The number of rotatable bonds is 5. The zero-order valence-corrected chi connectivity index (χ0v) is 11.0. The van der Waals surface area contributed by atoms with Crippen molar-refractivity contribution in [2.75, 3.05) is 0 Å². The Labute approximate surface area is 106 Å². The molecule has 0 heterocycles. The molecule has 0 aliphatic heterocycles. The van der Waals surface area contributed by atoms with Crippen LogP contribution < -0.4 is 0 Å². The molecule has 0 bridgehead atoms. The molecule has 0 radical (unpaired) electrons. The highest BCUT2D eigenvalue weighted by atomic mass is 19.1. The van der Waals surface area contributed by atoms with Crippen molar-refractivity contribution in [1.82, 2.24) is 0 Å². The Bertz CT molecular complexity index is 403. The number of benzene rings is 1. The van der Waals surface area contributed by atoms with Gasteiger partial charge < -0.3 is 10.2 Å². The van der Waals surface area contributed by atoms with Gasteiger partial charge in [-0.05, 0) is 24.5 Å². The van der Waals surface area contributed by atoms with E-state index in [1.54, 1.807) is 0 Å². The smallest absolute Gasteiger partial charge is 0.134 e. The van der Waals surface area contributed by atoms with Gasteiger partial charge in [0.05, 0.1) is 11.7 Å². The quantitative estimate of drug-likeness (QED) is 0.852. The number of hydrogen-bond donors (Lipinski definition) is 2. The molecule has 0 saturated carbocycles. The molecule has 1 rings (SSSR count). The molecule has 2 N–H and O–H groups in total. The molecule has 0 amide bonds. The average Bonchev–Trinajstić information content (AvgIpc) is 2.35. The molecule has 0 aromatic heterocycles. The van der Waals surface area contributed by atoms with Gasteiger partial charge in [0.2, 0.25) is 0 Å². The van der Waals surface area contributed by atoms with Crippen LogP contribution in [0.3, 0.4) is 0 Å². The highest BCUT2D eigenvalue weighted by molar-refractivity contribution is 5.29. The van der Waals surface area contributed by atoms with E-state index in [4.69, 9.17) is 0 Å². The molecule has 2 nitrogen and oxygen atoms in total. The summed E-state index contributed by atoms with van der Waals surface area (Å²) in [5.74, 6) is -1.79. The average molecular weight is 258 g/mol. The molecule has 2 atom stereocenters. The molecule has 0 spiro atoms.